The molecular weight excluding hydrogens is 363 g/mol. The van der Waals surface area contributed by atoms with Crippen molar-refractivity contribution in [3.63, 3.8) is 0 Å². The minimum Gasteiger partial charge on any atom is -0.454 e. The van der Waals surface area contributed by atoms with Crippen molar-refractivity contribution in [1.29, 1.82) is 0 Å². The molecule has 4 rings (SSSR count). The number of aromatic nitrogens is 2. The predicted octanol–water partition coefficient (Wildman–Crippen LogP) is 2.84. The summed E-state index contributed by atoms with van der Waals surface area (Å²) in [6.45, 7) is 1.53. The lowest BCUT2D eigenvalue weighted by molar-refractivity contribution is -0.148. The van der Waals surface area contributed by atoms with E-state index in [0.29, 0.717) is 17.5 Å². The fourth-order valence-corrected chi connectivity index (χ4v) is 3.01. The molecule has 2 atom stereocenters. The Bertz CT molecular complexity index is 977. The highest BCUT2D eigenvalue weighted by molar-refractivity contribution is 5.76. The van der Waals surface area contributed by atoms with Gasteiger partial charge in [0, 0.05) is 11.6 Å². The van der Waals surface area contributed by atoms with Gasteiger partial charge in [0.15, 0.2) is 6.61 Å². The quantitative estimate of drug-likeness (QED) is 0.656. The minimum absolute atomic E-state index is 0.0326. The van der Waals surface area contributed by atoms with E-state index < -0.39 is 12.0 Å². The summed E-state index contributed by atoms with van der Waals surface area (Å²) in [6.07, 6.45) is 0.570. The SMILES string of the molecule is Cc1ccc(-c2noc(COC(=O)C3CC(c4ccccc4)NN3)n2)cc1F. The average Bonchev–Trinajstić information content (AvgIpc) is 3.39. The van der Waals surface area contributed by atoms with Gasteiger partial charge in [-0.15, -0.1) is 0 Å². The molecule has 0 radical (unpaired) electrons. The number of hydrogen-bond acceptors (Lipinski definition) is 7. The van der Waals surface area contributed by atoms with Crippen LogP contribution in [0.5, 0.6) is 0 Å². The smallest absolute Gasteiger partial charge is 0.325 e. The standard InChI is InChI=1S/C20H19FN4O3/c1-12-7-8-14(9-15(12)21)19-22-18(28-25-19)11-27-20(26)17-10-16(23-24-17)13-5-3-2-4-6-13/h2-9,16-17,23-24H,10-11H2,1H3. The van der Waals surface area contributed by atoms with Gasteiger partial charge >= 0.3 is 5.97 Å². The molecule has 2 heterocycles. The Morgan fingerprint density at radius 3 is 2.86 bits per heavy atom. The van der Waals surface area contributed by atoms with Crippen LogP contribution in [0, 0.1) is 12.7 Å². The van der Waals surface area contributed by atoms with Gasteiger partial charge < -0.3 is 9.26 Å². The Kier molecular flexibility index (Phi) is 5.14. The number of ether oxygens (including phenoxy) is 1. The number of esters is 1. The lowest BCUT2D eigenvalue weighted by atomic mass is 10.0. The minimum atomic E-state index is -0.473. The Morgan fingerprint density at radius 1 is 1.25 bits per heavy atom. The van der Waals surface area contributed by atoms with Gasteiger partial charge in [0.1, 0.15) is 11.9 Å². The number of nitrogens with zero attached hydrogens (tertiary/aromatic N) is 2. The molecule has 3 aromatic rings. The molecule has 1 fully saturated rings. The molecule has 0 spiro atoms. The normalized spacial score (nSPS) is 18.9. The summed E-state index contributed by atoms with van der Waals surface area (Å²) < 4.78 is 24.1. The van der Waals surface area contributed by atoms with E-state index in [1.807, 2.05) is 30.3 Å². The molecule has 2 unspecified atom stereocenters. The second kappa shape index (κ2) is 7.87. The highest BCUT2D eigenvalue weighted by Crippen LogP contribution is 2.23. The van der Waals surface area contributed by atoms with Crippen LogP contribution in [0.2, 0.25) is 0 Å². The van der Waals surface area contributed by atoms with E-state index in [2.05, 4.69) is 21.0 Å². The first kappa shape index (κ1) is 18.3. The molecule has 0 amide bonds. The molecular formula is C20H19FN4O3. The van der Waals surface area contributed by atoms with Crippen LogP contribution in [-0.4, -0.2) is 22.2 Å². The fourth-order valence-electron chi connectivity index (χ4n) is 3.01. The molecule has 7 nitrogen and oxygen atoms in total. The second-order valence-electron chi connectivity index (χ2n) is 6.62. The maximum Gasteiger partial charge on any atom is 0.325 e. The number of hydrazine groups is 1. The highest BCUT2D eigenvalue weighted by atomic mass is 19.1. The molecule has 8 heteroatoms. The van der Waals surface area contributed by atoms with Gasteiger partial charge in [-0.3, -0.25) is 4.79 Å². The zero-order chi connectivity index (χ0) is 19.5. The summed E-state index contributed by atoms with van der Waals surface area (Å²) in [4.78, 5) is 16.4. The summed E-state index contributed by atoms with van der Waals surface area (Å²) >= 11 is 0. The second-order valence-corrected chi connectivity index (χ2v) is 6.62. The van der Waals surface area contributed by atoms with Crippen molar-refractivity contribution in [1.82, 2.24) is 21.0 Å². The molecule has 144 valence electrons. The van der Waals surface area contributed by atoms with Crippen molar-refractivity contribution < 1.29 is 18.4 Å². The molecule has 0 bridgehead atoms. The van der Waals surface area contributed by atoms with Crippen LogP contribution in [0.25, 0.3) is 11.4 Å². The largest absolute Gasteiger partial charge is 0.454 e. The molecule has 1 aromatic heterocycles. The molecule has 1 aliphatic rings. The number of halogens is 1. The van der Waals surface area contributed by atoms with E-state index in [0.717, 1.165) is 5.56 Å². The summed E-state index contributed by atoms with van der Waals surface area (Å²) in [5, 5.41) is 3.81. The molecule has 0 saturated carbocycles. The van der Waals surface area contributed by atoms with Gasteiger partial charge in [0.2, 0.25) is 5.82 Å². The lowest BCUT2D eigenvalue weighted by Gasteiger charge is -2.09. The van der Waals surface area contributed by atoms with Gasteiger partial charge in [0.25, 0.3) is 5.89 Å². The first-order valence-electron chi connectivity index (χ1n) is 8.92. The third-order valence-corrected chi connectivity index (χ3v) is 4.63. The van der Waals surface area contributed by atoms with Crippen molar-refractivity contribution in [2.24, 2.45) is 0 Å². The monoisotopic (exact) mass is 382 g/mol. The lowest BCUT2D eigenvalue weighted by Crippen LogP contribution is -2.37. The van der Waals surface area contributed by atoms with Crippen molar-refractivity contribution >= 4 is 5.97 Å². The van der Waals surface area contributed by atoms with E-state index in [1.165, 1.54) is 6.07 Å². The maximum absolute atomic E-state index is 13.7. The third kappa shape index (κ3) is 3.92. The highest BCUT2D eigenvalue weighted by Gasteiger charge is 2.31. The van der Waals surface area contributed by atoms with Crippen molar-refractivity contribution in [2.75, 3.05) is 0 Å². The van der Waals surface area contributed by atoms with Crippen LogP contribution < -0.4 is 10.9 Å². The Balaban J connectivity index is 1.33. The number of hydrogen-bond donors (Lipinski definition) is 2. The number of benzene rings is 2. The van der Waals surface area contributed by atoms with Gasteiger partial charge in [-0.1, -0.05) is 47.6 Å². The van der Waals surface area contributed by atoms with Crippen molar-refractivity contribution in [3.05, 3.63) is 71.4 Å². The number of aryl methyl sites for hydroxylation is 1. The molecule has 2 N–H and O–H groups in total. The van der Waals surface area contributed by atoms with Gasteiger partial charge in [-0.25, -0.2) is 15.2 Å². The van der Waals surface area contributed by atoms with Crippen LogP contribution in [-0.2, 0) is 16.1 Å². The maximum atomic E-state index is 13.7. The fraction of sp³-hybridized carbons (Fsp3) is 0.250. The summed E-state index contributed by atoms with van der Waals surface area (Å²) in [6, 6.07) is 14.1. The van der Waals surface area contributed by atoms with Crippen LogP contribution in [0.3, 0.4) is 0 Å². The van der Waals surface area contributed by atoms with E-state index in [9.17, 15) is 9.18 Å². The first-order chi connectivity index (χ1) is 13.6. The molecule has 1 aliphatic heterocycles. The van der Waals surface area contributed by atoms with Crippen LogP contribution in [0.15, 0.2) is 53.1 Å². The summed E-state index contributed by atoms with van der Waals surface area (Å²) in [7, 11) is 0. The Morgan fingerprint density at radius 2 is 2.07 bits per heavy atom. The molecule has 2 aromatic carbocycles. The van der Waals surface area contributed by atoms with Gasteiger partial charge in [-0.05, 0) is 30.5 Å². The van der Waals surface area contributed by atoms with E-state index in [4.69, 9.17) is 9.26 Å². The topological polar surface area (TPSA) is 89.3 Å². The van der Waals surface area contributed by atoms with Gasteiger partial charge in [-0.2, -0.15) is 4.98 Å². The Labute approximate surface area is 160 Å². The van der Waals surface area contributed by atoms with Gasteiger partial charge in [0.05, 0.1) is 0 Å². The van der Waals surface area contributed by atoms with E-state index >= 15 is 0 Å². The van der Waals surface area contributed by atoms with Crippen LogP contribution in [0.4, 0.5) is 4.39 Å². The third-order valence-electron chi connectivity index (χ3n) is 4.63. The van der Waals surface area contributed by atoms with Crippen LogP contribution >= 0.6 is 0 Å². The zero-order valence-electron chi connectivity index (χ0n) is 15.2. The molecule has 1 saturated heterocycles. The predicted molar refractivity (Wildman–Crippen MR) is 98.1 cm³/mol. The molecule has 0 aliphatic carbocycles. The first-order valence-corrected chi connectivity index (χ1v) is 8.92. The number of rotatable bonds is 5. The van der Waals surface area contributed by atoms with E-state index in [-0.39, 0.29) is 30.2 Å². The summed E-state index contributed by atoms with van der Waals surface area (Å²) in [5.41, 5.74) is 8.18. The van der Waals surface area contributed by atoms with Crippen molar-refractivity contribution in [2.45, 2.75) is 32.0 Å². The van der Waals surface area contributed by atoms with Crippen molar-refractivity contribution in [3.8, 4) is 11.4 Å². The Hall–Kier alpha value is -3.10. The number of carbonyl (C=O) groups is 1. The molecule has 28 heavy (non-hydrogen) atoms. The zero-order valence-corrected chi connectivity index (χ0v) is 15.2. The number of carbonyl (C=O) groups excluding carboxylic acids is 1. The number of nitrogens with one attached hydrogen (secondary N) is 2. The van der Waals surface area contributed by atoms with E-state index in [1.54, 1.807) is 19.1 Å². The summed E-state index contributed by atoms with van der Waals surface area (Å²) in [5.74, 6) is -0.361. The average molecular weight is 382 g/mol. The van der Waals surface area contributed by atoms with Crippen LogP contribution in [0.1, 0.15) is 29.5 Å².